The Morgan fingerprint density at radius 2 is 2.03 bits per heavy atom. The highest BCUT2D eigenvalue weighted by Crippen LogP contribution is 2.25. The predicted octanol–water partition coefficient (Wildman–Crippen LogP) is 3.77. The Labute approximate surface area is 180 Å². The number of aryl methyl sites for hydroxylation is 3. The van der Waals surface area contributed by atoms with Crippen molar-refractivity contribution in [1.29, 1.82) is 0 Å². The van der Waals surface area contributed by atoms with E-state index in [-0.39, 0.29) is 11.9 Å². The molecule has 1 unspecified atom stereocenters. The highest BCUT2D eigenvalue weighted by atomic mass is 32.2. The minimum absolute atomic E-state index is 0.00780. The first-order chi connectivity index (χ1) is 13.9. The van der Waals surface area contributed by atoms with Crippen LogP contribution in [0.15, 0.2) is 40.9 Å². The van der Waals surface area contributed by atoms with Gasteiger partial charge in [-0.15, -0.1) is 21.5 Å². The molecule has 0 radical (unpaired) electrons. The summed E-state index contributed by atoms with van der Waals surface area (Å²) >= 11 is 3.12. The van der Waals surface area contributed by atoms with E-state index in [4.69, 9.17) is 0 Å². The van der Waals surface area contributed by atoms with Crippen LogP contribution in [0.1, 0.15) is 27.9 Å². The van der Waals surface area contributed by atoms with E-state index in [2.05, 4.69) is 63.9 Å². The molecule has 0 saturated heterocycles. The van der Waals surface area contributed by atoms with Crippen LogP contribution in [0.5, 0.6) is 0 Å². The second-order valence-electron chi connectivity index (χ2n) is 7.24. The minimum atomic E-state index is -0.00780. The topological polar surface area (TPSA) is 63.1 Å². The molecular formula is C21H27N5OS2. The van der Waals surface area contributed by atoms with E-state index in [9.17, 15) is 4.79 Å². The Bertz CT molecular complexity index is 966. The van der Waals surface area contributed by atoms with Crippen LogP contribution < -0.4 is 5.32 Å². The summed E-state index contributed by atoms with van der Waals surface area (Å²) in [5.74, 6) is 1.10. The summed E-state index contributed by atoms with van der Waals surface area (Å²) in [5.41, 5.74) is 3.38. The summed E-state index contributed by atoms with van der Waals surface area (Å²) in [6.45, 7) is 6.65. The Morgan fingerprint density at radius 1 is 1.24 bits per heavy atom. The van der Waals surface area contributed by atoms with E-state index in [1.165, 1.54) is 22.2 Å². The molecule has 1 amide bonds. The summed E-state index contributed by atoms with van der Waals surface area (Å²) < 4.78 is 2.02. The maximum atomic E-state index is 12.5. The van der Waals surface area contributed by atoms with Gasteiger partial charge in [-0.25, -0.2) is 0 Å². The fourth-order valence-corrected chi connectivity index (χ4v) is 4.83. The third-order valence-corrected chi connectivity index (χ3v) is 6.62. The zero-order valence-electron chi connectivity index (χ0n) is 17.5. The number of thiophene rings is 1. The molecule has 2 aromatic heterocycles. The SMILES string of the molecule is Cc1ccc(C)c(-n2c(C)nnc2SCC(=O)NCC(c2cccs2)N(C)C)c1. The Kier molecular flexibility index (Phi) is 7.10. The van der Waals surface area contributed by atoms with Gasteiger partial charge < -0.3 is 10.2 Å². The number of nitrogens with zero attached hydrogens (tertiary/aromatic N) is 4. The Balaban J connectivity index is 1.65. The largest absolute Gasteiger partial charge is 0.353 e. The van der Waals surface area contributed by atoms with Gasteiger partial charge >= 0.3 is 0 Å². The van der Waals surface area contributed by atoms with Gasteiger partial charge in [0.05, 0.1) is 17.5 Å². The molecule has 1 atom stereocenters. The van der Waals surface area contributed by atoms with Gasteiger partial charge in [-0.3, -0.25) is 9.36 Å². The first kappa shape index (κ1) is 21.5. The second kappa shape index (κ2) is 9.56. The van der Waals surface area contributed by atoms with Crippen molar-refractivity contribution in [1.82, 2.24) is 25.0 Å². The molecule has 3 aromatic rings. The molecule has 8 heteroatoms. The molecule has 0 bridgehead atoms. The molecule has 154 valence electrons. The van der Waals surface area contributed by atoms with Gasteiger partial charge in [-0.2, -0.15) is 0 Å². The Morgan fingerprint density at radius 3 is 2.72 bits per heavy atom. The number of benzene rings is 1. The van der Waals surface area contributed by atoms with Gasteiger partial charge in [0.2, 0.25) is 5.91 Å². The van der Waals surface area contributed by atoms with Gasteiger partial charge in [0.15, 0.2) is 5.16 Å². The molecule has 1 aromatic carbocycles. The van der Waals surface area contributed by atoms with Gasteiger partial charge in [-0.1, -0.05) is 30.0 Å². The van der Waals surface area contributed by atoms with Gasteiger partial charge in [0, 0.05) is 11.4 Å². The van der Waals surface area contributed by atoms with Crippen LogP contribution >= 0.6 is 23.1 Å². The molecule has 29 heavy (non-hydrogen) atoms. The molecule has 6 nitrogen and oxygen atoms in total. The van der Waals surface area contributed by atoms with Crippen molar-refractivity contribution in [3.05, 3.63) is 57.5 Å². The lowest BCUT2D eigenvalue weighted by Crippen LogP contribution is -2.35. The third kappa shape index (κ3) is 5.26. The van der Waals surface area contributed by atoms with Crippen molar-refractivity contribution in [2.45, 2.75) is 32.0 Å². The number of thioether (sulfide) groups is 1. The van der Waals surface area contributed by atoms with Crippen molar-refractivity contribution in [3.63, 3.8) is 0 Å². The molecule has 0 saturated carbocycles. The lowest BCUT2D eigenvalue weighted by molar-refractivity contribution is -0.118. The number of hydrogen-bond donors (Lipinski definition) is 1. The first-order valence-corrected chi connectivity index (χ1v) is 11.3. The predicted molar refractivity (Wildman–Crippen MR) is 120 cm³/mol. The average Bonchev–Trinajstić information content (AvgIpc) is 3.32. The first-order valence-electron chi connectivity index (χ1n) is 9.45. The normalized spacial score (nSPS) is 12.3. The standard InChI is InChI=1S/C21H27N5OS2/c1-14-8-9-15(2)17(11-14)26-16(3)23-24-21(26)29-13-20(27)22-12-18(25(4)5)19-7-6-10-28-19/h6-11,18H,12-13H2,1-5H3,(H,22,27). The zero-order chi connectivity index (χ0) is 21.0. The van der Waals surface area contributed by atoms with Crippen LogP contribution in [0.2, 0.25) is 0 Å². The molecule has 0 aliphatic carbocycles. The molecule has 1 N–H and O–H groups in total. The number of carbonyl (C=O) groups excluding carboxylic acids is 1. The fraction of sp³-hybridized carbons (Fsp3) is 0.381. The quantitative estimate of drug-likeness (QED) is 0.553. The number of nitrogens with one attached hydrogen (secondary N) is 1. The average molecular weight is 430 g/mol. The van der Waals surface area contributed by atoms with Crippen molar-refractivity contribution in [3.8, 4) is 5.69 Å². The van der Waals surface area contributed by atoms with Crippen LogP contribution in [-0.4, -0.2) is 52.0 Å². The molecule has 0 aliphatic heterocycles. The van der Waals surface area contributed by atoms with Crippen molar-refractivity contribution >= 4 is 29.0 Å². The number of amides is 1. The molecule has 3 rings (SSSR count). The number of carbonyl (C=O) groups is 1. The van der Waals surface area contributed by atoms with E-state index in [1.807, 2.05) is 31.7 Å². The number of hydrogen-bond acceptors (Lipinski definition) is 6. The zero-order valence-corrected chi connectivity index (χ0v) is 19.1. The van der Waals surface area contributed by atoms with Crippen molar-refractivity contribution in [2.24, 2.45) is 0 Å². The monoisotopic (exact) mass is 429 g/mol. The van der Waals surface area contributed by atoms with Crippen LogP contribution in [0.4, 0.5) is 0 Å². The van der Waals surface area contributed by atoms with Crippen LogP contribution in [0, 0.1) is 20.8 Å². The number of rotatable bonds is 8. The number of likely N-dealkylation sites (N-methyl/N-ethyl adjacent to an activating group) is 1. The smallest absolute Gasteiger partial charge is 0.230 e. The van der Waals surface area contributed by atoms with E-state index >= 15 is 0 Å². The summed E-state index contributed by atoms with van der Waals surface area (Å²) in [7, 11) is 4.06. The summed E-state index contributed by atoms with van der Waals surface area (Å²) in [6, 6.07) is 10.6. The second-order valence-corrected chi connectivity index (χ2v) is 9.16. The Hall–Kier alpha value is -2.16. The summed E-state index contributed by atoms with van der Waals surface area (Å²) in [5, 5.41) is 14.4. The highest BCUT2D eigenvalue weighted by molar-refractivity contribution is 7.99. The fourth-order valence-electron chi connectivity index (χ4n) is 3.08. The van der Waals surface area contributed by atoms with E-state index < -0.39 is 0 Å². The lowest BCUT2D eigenvalue weighted by atomic mass is 10.1. The van der Waals surface area contributed by atoms with Crippen LogP contribution in [-0.2, 0) is 4.79 Å². The highest BCUT2D eigenvalue weighted by Gasteiger charge is 2.18. The van der Waals surface area contributed by atoms with Gasteiger partial charge in [0.1, 0.15) is 5.82 Å². The van der Waals surface area contributed by atoms with Gasteiger partial charge in [0.25, 0.3) is 0 Å². The van der Waals surface area contributed by atoms with Crippen LogP contribution in [0.3, 0.4) is 0 Å². The number of aromatic nitrogens is 3. The van der Waals surface area contributed by atoms with Crippen molar-refractivity contribution in [2.75, 3.05) is 26.4 Å². The molecule has 2 heterocycles. The summed E-state index contributed by atoms with van der Waals surface area (Å²) in [6.07, 6.45) is 0. The minimum Gasteiger partial charge on any atom is -0.353 e. The molecule has 0 spiro atoms. The maximum Gasteiger partial charge on any atom is 0.230 e. The van der Waals surface area contributed by atoms with Crippen LogP contribution in [0.25, 0.3) is 5.69 Å². The van der Waals surface area contributed by atoms with E-state index in [0.29, 0.717) is 12.3 Å². The third-order valence-electron chi connectivity index (χ3n) is 4.72. The maximum absolute atomic E-state index is 12.5. The molecule has 0 fully saturated rings. The van der Waals surface area contributed by atoms with E-state index in [0.717, 1.165) is 22.2 Å². The summed E-state index contributed by atoms with van der Waals surface area (Å²) in [4.78, 5) is 15.9. The van der Waals surface area contributed by atoms with E-state index in [1.54, 1.807) is 11.3 Å². The molecular weight excluding hydrogens is 402 g/mol. The van der Waals surface area contributed by atoms with Crippen molar-refractivity contribution < 1.29 is 4.79 Å². The van der Waals surface area contributed by atoms with Gasteiger partial charge in [-0.05, 0) is 63.5 Å². The molecule has 0 aliphatic rings. The lowest BCUT2D eigenvalue weighted by Gasteiger charge is -2.23.